The standard InChI is InChI=1S/2C22H23.C6H10.2ClH.Hf/c2*1-16-10-12-18(13-11-16)21-9-5-8-19-14-20(15-22(19)21)17-6-3-2-4-7-17;1-2-4-6-5-3-1;;;/h2*5,8-15,17H,2-4,6-7H2,1H3;1-2H,3-6H2;2*1H;. The van der Waals surface area contributed by atoms with Gasteiger partial charge in [0.25, 0.3) is 0 Å². The average Bonchev–Trinajstić information content (AvgIpc) is 3.44. The fraction of sp³-hybridized carbons (Fsp3) is 0.440. The van der Waals surface area contributed by atoms with Crippen LogP contribution in [-0.4, -0.2) is 0 Å². The molecule has 6 aliphatic rings. The molecule has 0 bridgehead atoms. The molecule has 4 atom stereocenters. The van der Waals surface area contributed by atoms with E-state index < -0.39 is 20.0 Å². The molecule has 1 saturated heterocycles. The van der Waals surface area contributed by atoms with Gasteiger partial charge in [-0.1, -0.05) is 0 Å². The zero-order chi connectivity index (χ0) is 34.1. The summed E-state index contributed by atoms with van der Waals surface area (Å²) >= 11 is -3.34. The zero-order valence-corrected chi connectivity index (χ0v) is 37.1. The normalized spacial score (nSPS) is 27.7. The van der Waals surface area contributed by atoms with Crippen LogP contribution >= 0.6 is 24.8 Å². The van der Waals surface area contributed by atoms with E-state index in [1.165, 1.54) is 123 Å². The molecule has 0 N–H and O–H groups in total. The molecule has 53 heavy (non-hydrogen) atoms. The molecule has 3 heteroatoms. The second-order valence-electron chi connectivity index (χ2n) is 17.7. The number of hydrogen-bond acceptors (Lipinski definition) is 0. The second kappa shape index (κ2) is 15.4. The van der Waals surface area contributed by atoms with Crippen molar-refractivity contribution in [3.8, 4) is 22.3 Å². The van der Waals surface area contributed by atoms with Gasteiger partial charge in [-0.3, -0.25) is 0 Å². The fourth-order valence-electron chi connectivity index (χ4n) is 12.8. The van der Waals surface area contributed by atoms with Crippen molar-refractivity contribution in [3.05, 3.63) is 129 Å². The van der Waals surface area contributed by atoms with Crippen LogP contribution in [0.1, 0.15) is 131 Å². The van der Waals surface area contributed by atoms with E-state index in [9.17, 15) is 0 Å². The smallest absolute Gasteiger partial charge is 0.147 e. The number of rotatable bonds is 6. The first-order chi connectivity index (χ1) is 25.1. The Balaban J connectivity index is 0.00000200. The minimum atomic E-state index is -3.34. The maximum atomic E-state index is 2.85. The third-order valence-corrected chi connectivity index (χ3v) is 39.6. The molecule has 4 aromatic carbocycles. The Bertz CT molecular complexity index is 1860. The van der Waals surface area contributed by atoms with Gasteiger partial charge in [0.05, 0.1) is 0 Å². The first-order valence-electron chi connectivity index (χ1n) is 21.0. The third kappa shape index (κ3) is 6.26. The van der Waals surface area contributed by atoms with Crippen LogP contribution in [0.4, 0.5) is 0 Å². The molecule has 4 fully saturated rings. The summed E-state index contributed by atoms with van der Waals surface area (Å²) in [6.45, 7) is 4.45. The maximum absolute atomic E-state index is 3.34. The third-order valence-electron chi connectivity index (χ3n) is 15.0. The Kier molecular flexibility index (Phi) is 11.0. The van der Waals surface area contributed by atoms with E-state index in [1.54, 1.807) is 22.3 Å². The number of fused-ring (bicyclic) bond motifs is 3. The van der Waals surface area contributed by atoms with Crippen LogP contribution in [0.15, 0.2) is 96.1 Å². The number of aryl methyl sites for hydroxylation is 2. The Labute approximate surface area is 336 Å². The molecule has 0 nitrogen and oxygen atoms in total. The van der Waals surface area contributed by atoms with Crippen LogP contribution < -0.4 is 0 Å². The topological polar surface area (TPSA) is 0 Å². The van der Waals surface area contributed by atoms with Crippen LogP contribution in [0.2, 0.25) is 7.35 Å². The van der Waals surface area contributed by atoms with E-state index in [1.807, 2.05) is 11.1 Å². The minimum absolute atomic E-state index is 0. The van der Waals surface area contributed by atoms with Crippen molar-refractivity contribution in [1.29, 1.82) is 0 Å². The van der Waals surface area contributed by atoms with Gasteiger partial charge in [0.15, 0.2) is 0 Å². The van der Waals surface area contributed by atoms with Crippen LogP contribution in [-0.2, 0) is 20.0 Å². The molecular formula is C50H58Cl2Hf. The molecule has 3 saturated carbocycles. The van der Waals surface area contributed by atoms with E-state index >= 15 is 0 Å². The summed E-state index contributed by atoms with van der Waals surface area (Å²) < 4.78 is 3.59. The van der Waals surface area contributed by atoms with Gasteiger partial charge in [-0.05, 0) is 0 Å². The van der Waals surface area contributed by atoms with Gasteiger partial charge in [0.2, 0.25) is 0 Å². The molecule has 0 amide bonds. The van der Waals surface area contributed by atoms with Crippen molar-refractivity contribution in [2.24, 2.45) is 11.8 Å². The Morgan fingerprint density at radius 3 is 1.21 bits per heavy atom. The summed E-state index contributed by atoms with van der Waals surface area (Å²) in [5.74, 6) is 1.56. The Hall–Kier alpha value is -2.19. The predicted molar refractivity (Wildman–Crippen MR) is 228 cm³/mol. The average molecular weight is 908 g/mol. The van der Waals surface area contributed by atoms with Crippen LogP contribution in [0, 0.1) is 25.7 Å². The molecule has 10 rings (SSSR count). The molecule has 276 valence electrons. The molecule has 4 aromatic rings. The summed E-state index contributed by atoms with van der Waals surface area (Å²) in [6, 6.07) is 34.0. The van der Waals surface area contributed by atoms with E-state index in [4.69, 9.17) is 0 Å². The number of allylic oxidation sites excluding steroid dienone is 2. The van der Waals surface area contributed by atoms with Crippen molar-refractivity contribution in [3.63, 3.8) is 0 Å². The molecule has 5 aliphatic carbocycles. The molecule has 0 aromatic heterocycles. The predicted octanol–water partition coefficient (Wildman–Crippen LogP) is 15.5. The van der Waals surface area contributed by atoms with Gasteiger partial charge < -0.3 is 0 Å². The first kappa shape index (κ1) is 37.7. The number of halogens is 2. The van der Waals surface area contributed by atoms with Gasteiger partial charge in [-0.15, -0.1) is 24.8 Å². The maximum Gasteiger partial charge on any atom is -0.147 e. The molecule has 0 spiro atoms. The van der Waals surface area contributed by atoms with Gasteiger partial charge in [0.1, 0.15) is 0 Å². The van der Waals surface area contributed by atoms with Gasteiger partial charge in [-0.2, -0.15) is 0 Å². The Morgan fingerprint density at radius 1 is 0.434 bits per heavy atom. The van der Waals surface area contributed by atoms with Gasteiger partial charge in [0, 0.05) is 0 Å². The van der Waals surface area contributed by atoms with Crippen molar-refractivity contribution in [1.82, 2.24) is 0 Å². The summed E-state index contributed by atoms with van der Waals surface area (Å²) in [5, 5.41) is 0. The van der Waals surface area contributed by atoms with Crippen molar-refractivity contribution < 1.29 is 20.0 Å². The van der Waals surface area contributed by atoms with E-state index in [0.717, 1.165) is 26.5 Å². The SMILES string of the molecule is Cc1ccc(-c2cccc3c2C=C(C2CCCCC2)[CH]3[Hf]2([CH]3C(C4CCCCC4)=Cc4c(-c5ccc(C)cc5)cccc43)[CH]3CCCC[CH]32)cc1.Cl.Cl. The van der Waals surface area contributed by atoms with Crippen molar-refractivity contribution >= 4 is 37.0 Å². The Morgan fingerprint density at radius 2 is 0.811 bits per heavy atom. The van der Waals surface area contributed by atoms with E-state index in [0.29, 0.717) is 0 Å². The van der Waals surface area contributed by atoms with Gasteiger partial charge >= 0.3 is 314 Å². The van der Waals surface area contributed by atoms with Crippen LogP contribution in [0.5, 0.6) is 0 Å². The van der Waals surface area contributed by atoms with Crippen molar-refractivity contribution in [2.45, 2.75) is 118 Å². The number of benzene rings is 4. The van der Waals surface area contributed by atoms with E-state index in [2.05, 4.69) is 111 Å². The summed E-state index contributed by atoms with van der Waals surface area (Å²) in [4.78, 5) is 0. The molecule has 1 aliphatic heterocycles. The second-order valence-corrected chi connectivity index (χ2v) is 34.3. The largest absolute Gasteiger partial charge is 0.147 e. The first-order valence-corrected chi connectivity index (χ1v) is 29.3. The molecule has 4 unspecified atom stereocenters. The van der Waals surface area contributed by atoms with E-state index in [-0.39, 0.29) is 24.8 Å². The quantitative estimate of drug-likeness (QED) is 0.169. The summed E-state index contributed by atoms with van der Waals surface area (Å²) in [6.07, 6.45) is 25.9. The van der Waals surface area contributed by atoms with Crippen molar-refractivity contribution in [2.75, 3.05) is 0 Å². The molecule has 0 radical (unpaired) electrons. The summed E-state index contributed by atoms with van der Waals surface area (Å²) in [5.41, 5.74) is 19.2. The number of hydrogen-bond donors (Lipinski definition) is 0. The molecule has 1 heterocycles. The van der Waals surface area contributed by atoms with Gasteiger partial charge in [-0.25, -0.2) is 0 Å². The molecular weight excluding hydrogens is 850 g/mol. The van der Waals surface area contributed by atoms with Crippen LogP contribution in [0.3, 0.4) is 0 Å². The van der Waals surface area contributed by atoms with Crippen LogP contribution in [0.25, 0.3) is 34.4 Å². The zero-order valence-electron chi connectivity index (χ0n) is 31.9. The summed E-state index contributed by atoms with van der Waals surface area (Å²) in [7, 11) is 0. The minimum Gasteiger partial charge on any atom is -0.147 e. The monoisotopic (exact) mass is 908 g/mol. The fourth-order valence-corrected chi connectivity index (χ4v) is 48.4.